The minimum Gasteiger partial charge on any atom is -0.194 e. The van der Waals surface area contributed by atoms with E-state index in [-0.39, 0.29) is 34.9 Å². The molecule has 0 nitrogen and oxygen atoms in total. The maximum atomic E-state index is 15.2. The van der Waals surface area contributed by atoms with Crippen LogP contribution in [-0.4, -0.2) is 23.7 Å². The van der Waals surface area contributed by atoms with E-state index in [9.17, 15) is 43.9 Å². The number of rotatable bonds is 9. The molecule has 0 aliphatic rings. The van der Waals surface area contributed by atoms with Gasteiger partial charge < -0.3 is 0 Å². The summed E-state index contributed by atoms with van der Waals surface area (Å²) in [7, 11) is 0. The van der Waals surface area contributed by atoms with Crippen LogP contribution in [0.1, 0.15) is 33.4 Å². The van der Waals surface area contributed by atoms with Crippen molar-refractivity contribution in [1.29, 1.82) is 0 Å². The summed E-state index contributed by atoms with van der Waals surface area (Å²) in [5, 5.41) is 0. The van der Waals surface area contributed by atoms with E-state index in [1.165, 1.54) is 12.1 Å². The fourth-order valence-corrected chi connectivity index (χ4v) is 4.92. The Morgan fingerprint density at radius 2 is 0.804 bits per heavy atom. The van der Waals surface area contributed by atoms with E-state index in [1.807, 2.05) is 26.0 Å². The number of hydrogen-bond donors (Lipinski definition) is 0. The van der Waals surface area contributed by atoms with Gasteiger partial charge in [0.15, 0.2) is 0 Å². The van der Waals surface area contributed by atoms with Crippen molar-refractivity contribution >= 4 is 0 Å². The van der Waals surface area contributed by atoms with E-state index in [2.05, 4.69) is 0 Å². The molecule has 0 N–H and O–H groups in total. The number of alkyl halides is 12. The van der Waals surface area contributed by atoms with Gasteiger partial charge in [-0.25, -0.2) is 0 Å². The zero-order valence-corrected chi connectivity index (χ0v) is 24.6. The second-order valence-corrected chi connectivity index (χ2v) is 11.3. The van der Waals surface area contributed by atoms with Gasteiger partial charge in [-0.15, -0.1) is 0 Å². The molecule has 0 atom stereocenters. The molecule has 0 unspecified atom stereocenters. The highest BCUT2D eigenvalue weighted by atomic mass is 19.4. The molecule has 4 aromatic rings. The molecule has 0 bridgehead atoms. The van der Waals surface area contributed by atoms with Crippen molar-refractivity contribution in [2.45, 2.75) is 63.2 Å². The highest BCUT2D eigenvalue weighted by Gasteiger charge is 2.90. The first-order valence-corrected chi connectivity index (χ1v) is 13.6. The van der Waals surface area contributed by atoms with Crippen molar-refractivity contribution in [2.75, 3.05) is 0 Å². The Morgan fingerprint density at radius 3 is 1.28 bits per heavy atom. The second kappa shape index (κ2) is 11.4. The predicted octanol–water partition coefficient (Wildman–Crippen LogP) is 11.7. The lowest BCUT2D eigenvalue weighted by atomic mass is 9.86. The van der Waals surface area contributed by atoms with Crippen LogP contribution in [0, 0.1) is 27.7 Å². The molecule has 0 spiro atoms. The lowest BCUT2D eigenvalue weighted by Gasteiger charge is -2.41. The third kappa shape index (κ3) is 5.43. The average molecular weight is 663 g/mol. The monoisotopic (exact) mass is 662 g/mol. The first-order valence-electron chi connectivity index (χ1n) is 13.6. The quantitative estimate of drug-likeness (QED) is 0.157. The molecule has 4 aromatic carbocycles. The lowest BCUT2D eigenvalue weighted by molar-refractivity contribution is -0.429. The van der Waals surface area contributed by atoms with Gasteiger partial charge in [0.1, 0.15) is 0 Å². The Kier molecular flexibility index (Phi) is 8.63. The summed E-state index contributed by atoms with van der Waals surface area (Å²) < 4.78 is 178. The Labute approximate surface area is 256 Å². The maximum Gasteiger partial charge on any atom is 0.385 e. The Hall–Kier alpha value is -3.96. The van der Waals surface area contributed by atoms with Crippen LogP contribution in [0.4, 0.5) is 52.7 Å². The van der Waals surface area contributed by atoms with Gasteiger partial charge in [0, 0.05) is 11.1 Å². The molecule has 0 heterocycles. The number of aryl methyl sites for hydroxylation is 4. The fourth-order valence-electron chi connectivity index (χ4n) is 4.92. The molecule has 12 heteroatoms. The summed E-state index contributed by atoms with van der Waals surface area (Å²) in [5.74, 6) is -42.3. The third-order valence-corrected chi connectivity index (χ3v) is 7.83. The second-order valence-electron chi connectivity index (χ2n) is 11.3. The van der Waals surface area contributed by atoms with Crippen LogP contribution >= 0.6 is 0 Å². The molecule has 46 heavy (non-hydrogen) atoms. The van der Waals surface area contributed by atoms with Gasteiger partial charge in [-0.05, 0) is 84.8 Å². The van der Waals surface area contributed by atoms with Crippen LogP contribution < -0.4 is 0 Å². The van der Waals surface area contributed by atoms with Crippen molar-refractivity contribution in [3.05, 3.63) is 118 Å². The molecule has 4 rings (SSSR count). The van der Waals surface area contributed by atoms with Gasteiger partial charge in [0.25, 0.3) is 0 Å². The zero-order valence-electron chi connectivity index (χ0n) is 24.6. The van der Waals surface area contributed by atoms with Crippen molar-refractivity contribution < 1.29 is 52.7 Å². The van der Waals surface area contributed by atoms with Crippen LogP contribution in [0.15, 0.2) is 84.9 Å². The smallest absolute Gasteiger partial charge is 0.194 e. The summed E-state index contributed by atoms with van der Waals surface area (Å²) in [6.45, 7) is 6.43. The van der Waals surface area contributed by atoms with Gasteiger partial charge in [-0.3, -0.25) is 0 Å². The highest BCUT2D eigenvalue weighted by molar-refractivity contribution is 5.75. The SMILES string of the molecule is Cc1cc(-c2cccc(C(F)(F)C(F)(F)C(F)(F)C(F)(F)C(F)(F)C(F)(F)c3cccc(C)c3)c2)cc(-c2ccc(C)c(C)c2)c1. The van der Waals surface area contributed by atoms with Crippen LogP contribution in [0.3, 0.4) is 0 Å². The molecule has 0 amide bonds. The van der Waals surface area contributed by atoms with Gasteiger partial charge in [-0.2, -0.15) is 52.7 Å². The third-order valence-electron chi connectivity index (χ3n) is 7.83. The first kappa shape index (κ1) is 34.9. The molecule has 246 valence electrons. The van der Waals surface area contributed by atoms with E-state index in [4.69, 9.17) is 0 Å². The van der Waals surface area contributed by atoms with Gasteiger partial charge in [0.2, 0.25) is 0 Å². The summed E-state index contributed by atoms with van der Waals surface area (Å²) in [4.78, 5) is 0. The molecule has 0 aromatic heterocycles. The molecule has 0 radical (unpaired) electrons. The van der Waals surface area contributed by atoms with Crippen molar-refractivity contribution in [1.82, 2.24) is 0 Å². The van der Waals surface area contributed by atoms with Crippen LogP contribution in [0.25, 0.3) is 22.3 Å². The standard InChI is InChI=1S/C34H26F12/c1-19-7-5-9-27(15-19)29(35,36)31(39,40)33(43,44)34(45,46)32(41,42)30(37,38)28-10-6-8-23(18-28)25-13-20(2)14-26(17-25)24-12-11-21(3)22(4)16-24/h5-18H,1-4H3. The lowest BCUT2D eigenvalue weighted by Crippen LogP contribution is -2.69. The van der Waals surface area contributed by atoms with Gasteiger partial charge in [0.05, 0.1) is 0 Å². The molecule has 0 aliphatic heterocycles. The molecule has 0 saturated carbocycles. The minimum absolute atomic E-state index is 0.149. The first-order chi connectivity index (χ1) is 21.0. The molecule has 0 aliphatic carbocycles. The molecule has 0 fully saturated rings. The van der Waals surface area contributed by atoms with Gasteiger partial charge in [-0.1, -0.05) is 72.3 Å². The van der Waals surface area contributed by atoms with E-state index < -0.39 is 46.7 Å². The topological polar surface area (TPSA) is 0 Å². The maximum absolute atomic E-state index is 15.2. The Bertz CT molecular complexity index is 1750. The van der Waals surface area contributed by atoms with E-state index in [1.54, 1.807) is 19.1 Å². The van der Waals surface area contributed by atoms with Crippen molar-refractivity contribution in [3.63, 3.8) is 0 Å². The molecule has 0 saturated heterocycles. The summed E-state index contributed by atoms with van der Waals surface area (Å²) >= 11 is 0. The van der Waals surface area contributed by atoms with Crippen molar-refractivity contribution in [3.8, 4) is 22.3 Å². The van der Waals surface area contributed by atoms with Crippen LogP contribution in [0.2, 0.25) is 0 Å². The molecular formula is C34H26F12. The van der Waals surface area contributed by atoms with E-state index in [0.29, 0.717) is 28.8 Å². The molecular weight excluding hydrogens is 636 g/mol. The Morgan fingerprint density at radius 1 is 0.348 bits per heavy atom. The summed E-state index contributed by atoms with van der Waals surface area (Å²) in [6, 6.07) is 14.8. The summed E-state index contributed by atoms with van der Waals surface area (Å²) in [5.41, 5.74) is -0.359. The minimum atomic E-state index is -7.68. The number of benzene rings is 4. The zero-order chi connectivity index (χ0) is 34.7. The van der Waals surface area contributed by atoms with Gasteiger partial charge >= 0.3 is 35.5 Å². The Balaban J connectivity index is 1.77. The number of hydrogen-bond acceptors (Lipinski definition) is 0. The van der Waals surface area contributed by atoms with Crippen molar-refractivity contribution in [2.24, 2.45) is 0 Å². The van der Waals surface area contributed by atoms with E-state index >= 15 is 8.78 Å². The fraction of sp³-hybridized carbons (Fsp3) is 0.294. The van der Waals surface area contributed by atoms with Crippen LogP contribution in [0.5, 0.6) is 0 Å². The normalized spacial score (nSPS) is 13.7. The number of halogens is 12. The highest BCUT2D eigenvalue weighted by Crippen LogP contribution is 2.63. The van der Waals surface area contributed by atoms with Crippen LogP contribution in [-0.2, 0) is 11.8 Å². The average Bonchev–Trinajstić information content (AvgIpc) is 2.97. The van der Waals surface area contributed by atoms with E-state index in [0.717, 1.165) is 36.2 Å². The summed E-state index contributed by atoms with van der Waals surface area (Å²) in [6.07, 6.45) is 0. The largest absolute Gasteiger partial charge is 0.385 e. The predicted molar refractivity (Wildman–Crippen MR) is 150 cm³/mol.